The molecule has 2 unspecified atom stereocenters. The zero-order chi connectivity index (χ0) is 37.0. The molecule has 18 heteroatoms. The van der Waals surface area contributed by atoms with Gasteiger partial charge in [0, 0.05) is 16.7 Å². The maximum atomic E-state index is 15.5. The Hall–Kier alpha value is -6.76. The van der Waals surface area contributed by atoms with Crippen LogP contribution in [0.5, 0.6) is 0 Å². The van der Waals surface area contributed by atoms with Gasteiger partial charge in [0.1, 0.15) is 47.4 Å². The predicted octanol–water partition coefficient (Wildman–Crippen LogP) is 7.89. The monoisotopic (exact) mass is 688 g/mol. The van der Waals surface area contributed by atoms with E-state index in [0.717, 1.165) is 36.4 Å². The number of alkyl halides is 1. The maximum absolute atomic E-state index is 15.5. The van der Waals surface area contributed by atoms with E-state index in [-0.39, 0.29) is 6.92 Å². The van der Waals surface area contributed by atoms with Crippen molar-refractivity contribution < 1.29 is 52.7 Å². The Kier molecular flexibility index (Phi) is 8.68. The molecule has 0 heterocycles. The number of nitriles is 6. The van der Waals surface area contributed by atoms with Crippen molar-refractivity contribution >= 4 is 11.1 Å². The van der Waals surface area contributed by atoms with Gasteiger partial charge in [0.15, 0.2) is 69.7 Å². The Morgan fingerprint density at radius 3 is 1.14 bits per heavy atom. The van der Waals surface area contributed by atoms with Gasteiger partial charge in [0.05, 0.1) is 39.5 Å². The van der Waals surface area contributed by atoms with E-state index in [1.165, 1.54) is 0 Å². The van der Waals surface area contributed by atoms with Crippen molar-refractivity contribution in [2.24, 2.45) is 5.92 Å². The molecule has 0 radical (unpaired) electrons. The van der Waals surface area contributed by atoms with Crippen LogP contribution in [0.3, 0.4) is 0 Å². The van der Waals surface area contributed by atoms with E-state index in [1.807, 2.05) is 0 Å². The van der Waals surface area contributed by atoms with Crippen LogP contribution >= 0.6 is 0 Å². The molecule has 0 saturated heterocycles. The third-order valence-corrected chi connectivity index (χ3v) is 7.28. The molecule has 0 bridgehead atoms. The van der Waals surface area contributed by atoms with Gasteiger partial charge in [0.2, 0.25) is 0 Å². The van der Waals surface area contributed by atoms with Crippen molar-refractivity contribution in [2.45, 2.75) is 12.6 Å². The molecule has 1 saturated carbocycles. The molecule has 49 heavy (non-hydrogen) atoms. The molecule has 2 aliphatic rings. The van der Waals surface area contributed by atoms with Crippen LogP contribution in [0.1, 0.15) is 29.2 Å². The van der Waals surface area contributed by atoms with Crippen LogP contribution in [-0.4, -0.2) is 5.67 Å². The number of hydrogen-bond acceptors (Lipinski definition) is 6. The van der Waals surface area contributed by atoms with Gasteiger partial charge in [-0.1, -0.05) is 0 Å². The van der Waals surface area contributed by atoms with Gasteiger partial charge in [0.25, 0.3) is 0 Å². The van der Waals surface area contributed by atoms with Gasteiger partial charge in [-0.25, -0.2) is 52.7 Å². The van der Waals surface area contributed by atoms with Crippen LogP contribution < -0.4 is 0 Å². The van der Waals surface area contributed by atoms with Crippen molar-refractivity contribution in [3.05, 3.63) is 114 Å². The van der Waals surface area contributed by atoms with Crippen LogP contribution in [0, 0.1) is 120 Å². The standard InChI is InChI=1S/C31H4F12N6/c1-31(43)13(7-49)24(36)29(41)19(30(31)42)10(4-46)16-14(8(2-44)17-25(37)20(32)11(5-47)21(33)26(17)38)15(16)9(3-45)18-27(39)22(34)12(6-48)23(35)28(18)40/h13H,1H3/b14-8-,15-9?,16-10-. The summed E-state index contributed by atoms with van der Waals surface area (Å²) >= 11 is 0. The smallest absolute Gasteiger partial charge is 0.182 e. The van der Waals surface area contributed by atoms with Crippen molar-refractivity contribution in [3.63, 3.8) is 0 Å². The Bertz CT molecular complexity index is 2210. The number of benzene rings is 2. The highest BCUT2D eigenvalue weighted by Gasteiger charge is 2.53. The zero-order valence-corrected chi connectivity index (χ0v) is 23.3. The van der Waals surface area contributed by atoms with E-state index in [0.29, 0.717) is 0 Å². The summed E-state index contributed by atoms with van der Waals surface area (Å²) in [4.78, 5) is 0. The van der Waals surface area contributed by atoms with E-state index >= 15 is 30.7 Å². The topological polar surface area (TPSA) is 143 Å². The van der Waals surface area contributed by atoms with Crippen molar-refractivity contribution in [3.8, 4) is 36.4 Å². The fourth-order valence-corrected chi connectivity index (χ4v) is 4.90. The number of rotatable bonds is 3. The summed E-state index contributed by atoms with van der Waals surface area (Å²) in [5.74, 6) is -29.9. The lowest BCUT2D eigenvalue weighted by atomic mass is 9.80. The van der Waals surface area contributed by atoms with E-state index in [9.17, 15) is 37.7 Å². The molecule has 6 nitrogen and oxygen atoms in total. The molecule has 0 aliphatic heterocycles. The first-order valence-electron chi connectivity index (χ1n) is 12.5. The number of hydrogen-bond donors (Lipinski definition) is 0. The Morgan fingerprint density at radius 2 is 0.857 bits per heavy atom. The van der Waals surface area contributed by atoms with E-state index < -0.39 is 137 Å². The van der Waals surface area contributed by atoms with Gasteiger partial charge in [-0.15, -0.1) is 0 Å². The Labute approximate surface area is 264 Å². The van der Waals surface area contributed by atoms with Gasteiger partial charge < -0.3 is 0 Å². The summed E-state index contributed by atoms with van der Waals surface area (Å²) in [7, 11) is 0. The molecule has 0 N–H and O–H groups in total. The average molecular weight is 688 g/mol. The lowest BCUT2D eigenvalue weighted by Crippen LogP contribution is -2.34. The minimum absolute atomic E-state index is 0.198. The number of nitrogens with zero attached hydrogens (tertiary/aromatic N) is 6. The first kappa shape index (κ1) is 35.1. The lowest BCUT2D eigenvalue weighted by Gasteiger charge is -2.28. The van der Waals surface area contributed by atoms with Crippen molar-refractivity contribution in [2.75, 3.05) is 0 Å². The molecule has 4 rings (SSSR count). The highest BCUT2D eigenvalue weighted by atomic mass is 19.2. The third-order valence-electron chi connectivity index (χ3n) is 7.28. The SMILES string of the molecule is CC1(F)C(F)=C(/C(C#N)=C2\C(=C(C#N)c3c(F)c(F)c(C#N)c(F)c3F)\C2=C(/C#N)c2c(F)c(F)c(C#N)c(F)c2F)C(F)=C(F)C1C#N. The highest BCUT2D eigenvalue weighted by molar-refractivity contribution is 6.07. The molecule has 0 aromatic heterocycles. The van der Waals surface area contributed by atoms with Crippen LogP contribution in [0.4, 0.5) is 52.7 Å². The van der Waals surface area contributed by atoms with Gasteiger partial charge in [-0.05, 0) is 6.92 Å². The number of allylic oxidation sites excluding steroid dienone is 10. The van der Waals surface area contributed by atoms with E-state index in [1.54, 1.807) is 0 Å². The van der Waals surface area contributed by atoms with Crippen LogP contribution in [0.15, 0.2) is 45.3 Å². The van der Waals surface area contributed by atoms with Gasteiger partial charge in [-0.2, -0.15) is 31.6 Å². The van der Waals surface area contributed by atoms with Crippen molar-refractivity contribution in [1.29, 1.82) is 31.6 Å². The molecule has 0 spiro atoms. The average Bonchev–Trinajstić information content (AvgIpc) is 3.78. The fraction of sp³-hybridized carbons (Fsp3) is 0.0968. The summed E-state index contributed by atoms with van der Waals surface area (Å²) in [6.07, 6.45) is 0. The summed E-state index contributed by atoms with van der Waals surface area (Å²) in [6, 6.07) is 5.41. The first-order valence-corrected chi connectivity index (χ1v) is 12.5. The van der Waals surface area contributed by atoms with Crippen LogP contribution in [-0.2, 0) is 0 Å². The van der Waals surface area contributed by atoms with Crippen LogP contribution in [0.25, 0.3) is 11.1 Å². The second kappa shape index (κ2) is 12.1. The molecule has 2 aromatic carbocycles. The minimum Gasteiger partial charge on any atom is -0.234 e. The molecule has 2 aromatic rings. The fourth-order valence-electron chi connectivity index (χ4n) is 4.90. The third kappa shape index (κ3) is 4.78. The molecule has 0 amide bonds. The van der Waals surface area contributed by atoms with Crippen LogP contribution in [0.2, 0.25) is 0 Å². The minimum atomic E-state index is -3.79. The normalized spacial score (nSPS) is 21.5. The number of halogens is 12. The second-order valence-corrected chi connectivity index (χ2v) is 9.81. The summed E-state index contributed by atoms with van der Waals surface area (Å²) in [5.41, 5.74) is -23.2. The molecular formula is C31H4F12N6. The second-order valence-electron chi connectivity index (χ2n) is 9.81. The van der Waals surface area contributed by atoms with Gasteiger partial charge in [-0.3, -0.25) is 0 Å². The van der Waals surface area contributed by atoms with Crippen molar-refractivity contribution in [1.82, 2.24) is 0 Å². The molecular weight excluding hydrogens is 684 g/mol. The van der Waals surface area contributed by atoms with Gasteiger partial charge >= 0.3 is 0 Å². The molecule has 2 aliphatic carbocycles. The predicted molar refractivity (Wildman–Crippen MR) is 136 cm³/mol. The largest absolute Gasteiger partial charge is 0.234 e. The molecule has 242 valence electrons. The summed E-state index contributed by atoms with van der Waals surface area (Å²) < 4.78 is 179. The lowest BCUT2D eigenvalue weighted by molar-refractivity contribution is 0.139. The summed E-state index contributed by atoms with van der Waals surface area (Å²) in [6.45, 7) is 0.198. The Morgan fingerprint density at radius 1 is 0.531 bits per heavy atom. The summed E-state index contributed by atoms with van der Waals surface area (Å²) in [5, 5.41) is 56.4. The zero-order valence-electron chi connectivity index (χ0n) is 23.3. The molecule has 1 fully saturated rings. The first-order chi connectivity index (χ1) is 23.0. The van der Waals surface area contributed by atoms with E-state index in [4.69, 9.17) is 15.8 Å². The quantitative estimate of drug-likeness (QED) is 0.182. The highest BCUT2D eigenvalue weighted by Crippen LogP contribution is 2.58. The van der Waals surface area contributed by atoms with E-state index in [2.05, 4.69) is 0 Å². The molecule has 2 atom stereocenters. The Balaban J connectivity index is 2.36. The maximum Gasteiger partial charge on any atom is 0.182 e.